The molecule has 2 rings (SSSR count). The van der Waals surface area contributed by atoms with Crippen molar-refractivity contribution in [3.05, 3.63) is 11.4 Å². The molecular formula is C11H17N3O3S. The largest absolute Gasteiger partial charge is 0.299 e. The van der Waals surface area contributed by atoms with Gasteiger partial charge in [-0.3, -0.25) is 9.89 Å². The molecule has 1 aromatic heterocycles. The summed E-state index contributed by atoms with van der Waals surface area (Å²) < 4.78 is 26.4. The van der Waals surface area contributed by atoms with Crippen molar-refractivity contribution in [3.8, 4) is 0 Å². The lowest BCUT2D eigenvalue weighted by Crippen LogP contribution is -2.43. The first kappa shape index (κ1) is 13.2. The Labute approximate surface area is 106 Å². The minimum atomic E-state index is -3.55. The summed E-state index contributed by atoms with van der Waals surface area (Å²) in [5, 5.41) is 6.59. The van der Waals surface area contributed by atoms with Gasteiger partial charge >= 0.3 is 0 Å². The molecule has 1 saturated heterocycles. The lowest BCUT2D eigenvalue weighted by molar-refractivity contribution is -0.124. The molecule has 100 valence electrons. The van der Waals surface area contributed by atoms with Gasteiger partial charge in [-0.05, 0) is 13.8 Å². The summed E-state index contributed by atoms with van der Waals surface area (Å²) in [7, 11) is -3.55. The highest BCUT2D eigenvalue weighted by molar-refractivity contribution is 7.89. The number of Topliss-reactive ketones (excluding diaryl/α,β-unsaturated/α-hetero) is 1. The number of aryl methyl sites for hydroxylation is 2. The summed E-state index contributed by atoms with van der Waals surface area (Å²) in [4.78, 5) is 11.7. The zero-order valence-electron chi connectivity index (χ0n) is 10.7. The normalized spacial score (nSPS) is 22.4. The fraction of sp³-hybridized carbons (Fsp3) is 0.636. The highest BCUT2D eigenvalue weighted by atomic mass is 32.2. The van der Waals surface area contributed by atoms with E-state index in [1.807, 2.05) is 0 Å². The molecule has 0 radical (unpaired) electrons. The first-order valence-electron chi connectivity index (χ1n) is 5.88. The number of H-pyrrole nitrogens is 1. The Kier molecular flexibility index (Phi) is 3.29. The van der Waals surface area contributed by atoms with Crippen LogP contribution in [0.15, 0.2) is 4.90 Å². The zero-order chi connectivity index (χ0) is 13.5. The van der Waals surface area contributed by atoms with E-state index in [4.69, 9.17) is 0 Å². The van der Waals surface area contributed by atoms with Crippen LogP contribution in [0.2, 0.25) is 0 Å². The molecule has 1 N–H and O–H groups in total. The summed E-state index contributed by atoms with van der Waals surface area (Å²) in [5.41, 5.74) is 1.01. The van der Waals surface area contributed by atoms with Gasteiger partial charge in [0.25, 0.3) is 0 Å². The van der Waals surface area contributed by atoms with E-state index < -0.39 is 10.0 Å². The van der Waals surface area contributed by atoms with Crippen LogP contribution in [0.3, 0.4) is 0 Å². The maximum Gasteiger partial charge on any atom is 0.246 e. The molecule has 0 aliphatic carbocycles. The van der Waals surface area contributed by atoms with Crippen molar-refractivity contribution in [1.29, 1.82) is 0 Å². The number of carbonyl (C=O) groups excluding carboxylic acids is 1. The summed E-state index contributed by atoms with van der Waals surface area (Å²) in [6.07, 6.45) is 0.288. The molecule has 0 bridgehead atoms. The van der Waals surface area contributed by atoms with Crippen LogP contribution in [-0.4, -0.2) is 41.8 Å². The SMILES string of the molecule is Cc1n[nH]c(C)c1S(=O)(=O)N1CCC(=O)C(C)C1. The molecule has 1 aliphatic rings. The van der Waals surface area contributed by atoms with Crippen LogP contribution in [0.1, 0.15) is 24.7 Å². The number of piperidine rings is 1. The van der Waals surface area contributed by atoms with Gasteiger partial charge in [0.15, 0.2) is 0 Å². The number of nitrogens with one attached hydrogen (secondary N) is 1. The maximum atomic E-state index is 12.5. The Balaban J connectivity index is 2.36. The smallest absolute Gasteiger partial charge is 0.246 e. The molecule has 1 aliphatic heterocycles. The van der Waals surface area contributed by atoms with Gasteiger partial charge in [0, 0.05) is 25.4 Å². The van der Waals surface area contributed by atoms with Gasteiger partial charge in [-0.1, -0.05) is 6.92 Å². The Morgan fingerprint density at radius 1 is 1.39 bits per heavy atom. The monoisotopic (exact) mass is 271 g/mol. The van der Waals surface area contributed by atoms with Crippen molar-refractivity contribution in [1.82, 2.24) is 14.5 Å². The molecule has 6 nitrogen and oxygen atoms in total. The van der Waals surface area contributed by atoms with Crippen molar-refractivity contribution in [2.24, 2.45) is 5.92 Å². The van der Waals surface area contributed by atoms with Gasteiger partial charge in [0.05, 0.1) is 11.4 Å². The molecule has 1 fully saturated rings. The number of nitrogens with zero attached hydrogens (tertiary/aromatic N) is 2. The number of ketones is 1. The molecule has 0 saturated carbocycles. The first-order chi connectivity index (χ1) is 8.34. The van der Waals surface area contributed by atoms with E-state index in [1.54, 1.807) is 20.8 Å². The van der Waals surface area contributed by atoms with Gasteiger partial charge in [0.1, 0.15) is 10.7 Å². The standard InChI is InChI=1S/C11H17N3O3S/c1-7-6-14(5-4-10(7)15)18(16,17)11-8(2)12-13-9(11)3/h7H,4-6H2,1-3H3,(H,12,13). The average molecular weight is 271 g/mol. The Bertz CT molecular complexity index is 557. The predicted octanol–water partition coefficient (Wildman–Crippen LogP) is 0.626. The molecule has 18 heavy (non-hydrogen) atoms. The van der Waals surface area contributed by atoms with E-state index in [1.165, 1.54) is 4.31 Å². The third kappa shape index (κ3) is 2.08. The van der Waals surface area contributed by atoms with E-state index >= 15 is 0 Å². The quantitative estimate of drug-likeness (QED) is 0.855. The van der Waals surface area contributed by atoms with Crippen molar-refractivity contribution >= 4 is 15.8 Å². The Morgan fingerprint density at radius 3 is 2.56 bits per heavy atom. The number of hydrogen-bond acceptors (Lipinski definition) is 4. The number of aromatic amines is 1. The molecule has 2 heterocycles. The summed E-state index contributed by atoms with van der Waals surface area (Å²) in [6, 6.07) is 0. The number of hydrogen-bond donors (Lipinski definition) is 1. The second kappa shape index (κ2) is 4.47. The van der Waals surface area contributed by atoms with E-state index in [0.29, 0.717) is 11.4 Å². The highest BCUT2D eigenvalue weighted by Crippen LogP contribution is 2.25. The zero-order valence-corrected chi connectivity index (χ0v) is 11.5. The highest BCUT2D eigenvalue weighted by Gasteiger charge is 2.34. The fourth-order valence-corrected chi connectivity index (χ4v) is 4.11. The van der Waals surface area contributed by atoms with Crippen LogP contribution in [0.25, 0.3) is 0 Å². The number of sulfonamides is 1. The topological polar surface area (TPSA) is 83.1 Å². The lowest BCUT2D eigenvalue weighted by atomic mass is 10.0. The van der Waals surface area contributed by atoms with Crippen molar-refractivity contribution in [2.75, 3.05) is 13.1 Å². The first-order valence-corrected chi connectivity index (χ1v) is 7.32. The summed E-state index contributed by atoms with van der Waals surface area (Å²) >= 11 is 0. The number of carbonyl (C=O) groups is 1. The van der Waals surface area contributed by atoms with E-state index in [2.05, 4.69) is 10.2 Å². The van der Waals surface area contributed by atoms with Crippen molar-refractivity contribution in [2.45, 2.75) is 32.1 Å². The van der Waals surface area contributed by atoms with E-state index in [9.17, 15) is 13.2 Å². The third-order valence-electron chi connectivity index (χ3n) is 3.29. The molecular weight excluding hydrogens is 254 g/mol. The average Bonchev–Trinajstić information content (AvgIpc) is 2.62. The third-order valence-corrected chi connectivity index (χ3v) is 5.42. The summed E-state index contributed by atoms with van der Waals surface area (Å²) in [6.45, 7) is 5.63. The van der Waals surface area contributed by atoms with E-state index in [0.717, 1.165) is 0 Å². The van der Waals surface area contributed by atoms with Gasteiger partial charge in [-0.15, -0.1) is 0 Å². The van der Waals surface area contributed by atoms with Gasteiger partial charge in [-0.25, -0.2) is 8.42 Å². The maximum absolute atomic E-state index is 12.5. The molecule has 0 spiro atoms. The van der Waals surface area contributed by atoms with Crippen LogP contribution in [0.4, 0.5) is 0 Å². The number of aromatic nitrogens is 2. The van der Waals surface area contributed by atoms with E-state index in [-0.39, 0.29) is 36.1 Å². The minimum Gasteiger partial charge on any atom is -0.299 e. The lowest BCUT2D eigenvalue weighted by Gasteiger charge is -2.29. The fourth-order valence-electron chi connectivity index (χ4n) is 2.25. The Hall–Kier alpha value is -1.21. The van der Waals surface area contributed by atoms with Crippen LogP contribution in [-0.2, 0) is 14.8 Å². The molecule has 1 atom stereocenters. The Morgan fingerprint density at radius 2 is 2.06 bits per heavy atom. The van der Waals surface area contributed by atoms with Crippen LogP contribution in [0, 0.1) is 19.8 Å². The van der Waals surface area contributed by atoms with Gasteiger partial charge < -0.3 is 0 Å². The van der Waals surface area contributed by atoms with Crippen LogP contribution >= 0.6 is 0 Å². The second-order valence-corrected chi connectivity index (χ2v) is 6.62. The molecule has 0 aromatic carbocycles. The molecule has 1 unspecified atom stereocenters. The van der Waals surface area contributed by atoms with Crippen LogP contribution < -0.4 is 0 Å². The van der Waals surface area contributed by atoms with Crippen LogP contribution in [0.5, 0.6) is 0 Å². The van der Waals surface area contributed by atoms with Gasteiger partial charge in [-0.2, -0.15) is 9.40 Å². The summed E-state index contributed by atoms with van der Waals surface area (Å²) in [5.74, 6) is -0.108. The molecule has 0 amide bonds. The minimum absolute atomic E-state index is 0.127. The van der Waals surface area contributed by atoms with Crippen molar-refractivity contribution < 1.29 is 13.2 Å². The predicted molar refractivity (Wildman–Crippen MR) is 65.6 cm³/mol. The molecule has 1 aromatic rings. The number of rotatable bonds is 2. The van der Waals surface area contributed by atoms with Crippen molar-refractivity contribution in [3.63, 3.8) is 0 Å². The molecule has 7 heteroatoms. The second-order valence-electron chi connectivity index (χ2n) is 4.74. The van der Waals surface area contributed by atoms with Gasteiger partial charge in [0.2, 0.25) is 10.0 Å².